The lowest BCUT2D eigenvalue weighted by atomic mass is 10.2. The van der Waals surface area contributed by atoms with Crippen LogP contribution in [0.5, 0.6) is 0 Å². The maximum absolute atomic E-state index is 12.9. The zero-order chi connectivity index (χ0) is 21.1. The minimum absolute atomic E-state index is 0.150. The predicted molar refractivity (Wildman–Crippen MR) is 126 cm³/mol. The quantitative estimate of drug-likeness (QED) is 0.427. The summed E-state index contributed by atoms with van der Waals surface area (Å²) >= 11 is 3.15. The van der Waals surface area contributed by atoms with Gasteiger partial charge < -0.3 is 9.47 Å². The van der Waals surface area contributed by atoms with Crippen LogP contribution in [0.15, 0.2) is 47.5 Å². The standard InChI is InChI=1S/C22H22IN3O3S/c23-16-7-9-17(10-8-16)25-13-5-6-18(25)14-19-21(28)26(22(29)30-19)15-20(27)24-11-3-1-2-4-12-24/h5-10,13-14H,1-4,11-12,15H2. The Morgan fingerprint density at radius 1 is 1.03 bits per heavy atom. The average molecular weight is 535 g/mol. The lowest BCUT2D eigenvalue weighted by Gasteiger charge is -2.22. The molecule has 3 amide bonds. The molecule has 1 aromatic carbocycles. The second-order valence-corrected chi connectivity index (χ2v) is 9.58. The molecule has 6 nitrogen and oxygen atoms in total. The molecule has 0 saturated carbocycles. The summed E-state index contributed by atoms with van der Waals surface area (Å²) in [6.07, 6.45) is 7.83. The number of hydrogen-bond donors (Lipinski definition) is 0. The Kier molecular flexibility index (Phi) is 6.62. The molecule has 2 aliphatic heterocycles. The van der Waals surface area contributed by atoms with Crippen molar-refractivity contribution >= 4 is 57.5 Å². The van der Waals surface area contributed by atoms with Gasteiger partial charge in [-0.15, -0.1) is 0 Å². The number of aromatic nitrogens is 1. The van der Waals surface area contributed by atoms with Crippen molar-refractivity contribution in [1.29, 1.82) is 0 Å². The predicted octanol–water partition coefficient (Wildman–Crippen LogP) is 4.52. The molecule has 0 radical (unpaired) electrons. The first-order valence-corrected chi connectivity index (χ1v) is 11.9. The van der Waals surface area contributed by atoms with Crippen LogP contribution in [0, 0.1) is 3.57 Å². The molecule has 2 saturated heterocycles. The highest BCUT2D eigenvalue weighted by Gasteiger charge is 2.37. The van der Waals surface area contributed by atoms with E-state index < -0.39 is 5.91 Å². The molecule has 0 spiro atoms. The monoisotopic (exact) mass is 535 g/mol. The molecular formula is C22H22IN3O3S. The van der Waals surface area contributed by atoms with Crippen molar-refractivity contribution in [3.63, 3.8) is 0 Å². The van der Waals surface area contributed by atoms with E-state index in [1.807, 2.05) is 47.2 Å². The third-order valence-corrected chi connectivity index (χ3v) is 6.92. The molecule has 2 aliphatic rings. The summed E-state index contributed by atoms with van der Waals surface area (Å²) in [6, 6.07) is 11.8. The fourth-order valence-electron chi connectivity index (χ4n) is 3.67. The van der Waals surface area contributed by atoms with Crippen molar-refractivity contribution in [1.82, 2.24) is 14.4 Å². The van der Waals surface area contributed by atoms with Crippen molar-refractivity contribution in [2.24, 2.45) is 0 Å². The van der Waals surface area contributed by atoms with E-state index in [1.54, 1.807) is 11.0 Å². The maximum atomic E-state index is 12.9. The van der Waals surface area contributed by atoms with Crippen LogP contribution in [-0.4, -0.2) is 51.1 Å². The fraction of sp³-hybridized carbons (Fsp3) is 0.318. The summed E-state index contributed by atoms with van der Waals surface area (Å²) < 4.78 is 3.10. The molecule has 0 atom stereocenters. The number of thioether (sulfide) groups is 1. The molecule has 0 bridgehead atoms. The summed E-state index contributed by atoms with van der Waals surface area (Å²) in [7, 11) is 0. The van der Waals surface area contributed by atoms with Crippen LogP contribution in [0.25, 0.3) is 11.8 Å². The summed E-state index contributed by atoms with van der Waals surface area (Å²) in [5, 5.41) is -0.387. The zero-order valence-corrected chi connectivity index (χ0v) is 19.4. The number of carbonyl (C=O) groups is 3. The van der Waals surface area contributed by atoms with Gasteiger partial charge in [-0.05, 0) is 89.7 Å². The molecule has 1 aromatic heterocycles. The third kappa shape index (κ3) is 4.64. The van der Waals surface area contributed by atoms with Crippen LogP contribution >= 0.6 is 34.4 Å². The first-order valence-electron chi connectivity index (χ1n) is 9.99. The lowest BCUT2D eigenvalue weighted by Crippen LogP contribution is -2.42. The van der Waals surface area contributed by atoms with Crippen molar-refractivity contribution in [3.05, 3.63) is 56.8 Å². The van der Waals surface area contributed by atoms with Crippen LogP contribution in [0.1, 0.15) is 31.4 Å². The Labute approximate surface area is 193 Å². The van der Waals surface area contributed by atoms with Crippen molar-refractivity contribution < 1.29 is 14.4 Å². The fourth-order valence-corrected chi connectivity index (χ4v) is 4.86. The van der Waals surface area contributed by atoms with E-state index in [2.05, 4.69) is 22.6 Å². The summed E-state index contributed by atoms with van der Waals surface area (Å²) in [5.41, 5.74) is 1.78. The van der Waals surface area contributed by atoms with E-state index in [0.717, 1.165) is 57.3 Å². The molecular weight excluding hydrogens is 513 g/mol. The van der Waals surface area contributed by atoms with E-state index in [4.69, 9.17) is 0 Å². The largest absolute Gasteiger partial charge is 0.341 e. The molecule has 4 rings (SSSR count). The molecule has 30 heavy (non-hydrogen) atoms. The Balaban J connectivity index is 1.50. The van der Waals surface area contributed by atoms with Crippen molar-refractivity contribution in [2.45, 2.75) is 25.7 Å². The molecule has 2 aromatic rings. The number of halogens is 1. The zero-order valence-electron chi connectivity index (χ0n) is 16.4. The maximum Gasteiger partial charge on any atom is 0.294 e. The van der Waals surface area contributed by atoms with Crippen LogP contribution < -0.4 is 0 Å². The van der Waals surface area contributed by atoms with Gasteiger partial charge in [0.25, 0.3) is 11.1 Å². The van der Waals surface area contributed by atoms with E-state index in [9.17, 15) is 14.4 Å². The van der Waals surface area contributed by atoms with Gasteiger partial charge in [-0.3, -0.25) is 19.3 Å². The van der Waals surface area contributed by atoms with Gasteiger partial charge in [0, 0.05) is 34.2 Å². The third-order valence-electron chi connectivity index (χ3n) is 5.29. The number of rotatable bonds is 4. The van der Waals surface area contributed by atoms with E-state index in [1.165, 1.54) is 0 Å². The number of amides is 3. The highest BCUT2D eigenvalue weighted by atomic mass is 127. The van der Waals surface area contributed by atoms with Gasteiger partial charge in [0.05, 0.1) is 4.91 Å². The molecule has 3 heterocycles. The molecule has 8 heteroatoms. The summed E-state index contributed by atoms with van der Waals surface area (Å²) in [4.78, 5) is 41.1. The lowest BCUT2D eigenvalue weighted by molar-refractivity contribution is -0.135. The molecule has 156 valence electrons. The van der Waals surface area contributed by atoms with Gasteiger partial charge in [0.15, 0.2) is 0 Å². The van der Waals surface area contributed by atoms with Crippen LogP contribution in [0.3, 0.4) is 0 Å². The average Bonchev–Trinajstić information content (AvgIpc) is 3.16. The van der Waals surface area contributed by atoms with E-state index in [0.29, 0.717) is 18.0 Å². The minimum Gasteiger partial charge on any atom is -0.341 e. The number of carbonyl (C=O) groups excluding carboxylic acids is 3. The first-order chi connectivity index (χ1) is 14.5. The number of benzene rings is 1. The highest BCUT2D eigenvalue weighted by molar-refractivity contribution is 14.1. The number of hydrogen-bond acceptors (Lipinski definition) is 4. The Morgan fingerprint density at radius 3 is 2.43 bits per heavy atom. The van der Waals surface area contributed by atoms with Crippen LogP contribution in [0.2, 0.25) is 0 Å². The summed E-state index contributed by atoms with van der Waals surface area (Å²) in [6.45, 7) is 1.23. The van der Waals surface area contributed by atoms with Crippen molar-refractivity contribution in [2.75, 3.05) is 19.6 Å². The summed E-state index contributed by atoms with van der Waals surface area (Å²) in [5.74, 6) is -0.550. The molecule has 0 aliphatic carbocycles. The Hall–Kier alpha value is -2.07. The van der Waals surface area contributed by atoms with Gasteiger partial charge in [0.2, 0.25) is 5.91 Å². The Morgan fingerprint density at radius 2 is 1.73 bits per heavy atom. The normalized spacial score (nSPS) is 18.9. The van der Waals surface area contributed by atoms with Gasteiger partial charge in [-0.1, -0.05) is 12.8 Å². The molecule has 0 unspecified atom stereocenters. The Bertz CT molecular complexity index is 991. The SMILES string of the molecule is O=C(CN1C(=O)SC(=Cc2cccn2-c2ccc(I)cc2)C1=O)N1CCCCCC1. The van der Waals surface area contributed by atoms with Gasteiger partial charge in [-0.25, -0.2) is 0 Å². The topological polar surface area (TPSA) is 62.6 Å². The molecule has 2 fully saturated rings. The molecule has 0 N–H and O–H groups in total. The minimum atomic E-state index is -0.400. The smallest absolute Gasteiger partial charge is 0.294 e. The first kappa shape index (κ1) is 21.2. The van der Waals surface area contributed by atoms with Gasteiger partial charge >= 0.3 is 0 Å². The van der Waals surface area contributed by atoms with E-state index in [-0.39, 0.29) is 17.7 Å². The number of imide groups is 1. The number of nitrogens with zero attached hydrogens (tertiary/aromatic N) is 3. The van der Waals surface area contributed by atoms with Crippen LogP contribution in [0.4, 0.5) is 4.79 Å². The second-order valence-electron chi connectivity index (χ2n) is 7.34. The van der Waals surface area contributed by atoms with Crippen molar-refractivity contribution in [3.8, 4) is 5.69 Å². The van der Waals surface area contributed by atoms with E-state index >= 15 is 0 Å². The highest BCUT2D eigenvalue weighted by Crippen LogP contribution is 2.32. The van der Waals surface area contributed by atoms with Gasteiger partial charge in [0.1, 0.15) is 6.54 Å². The second kappa shape index (κ2) is 9.38. The number of likely N-dealkylation sites (tertiary alicyclic amines) is 1. The van der Waals surface area contributed by atoms with Crippen LogP contribution in [-0.2, 0) is 9.59 Å². The van der Waals surface area contributed by atoms with Gasteiger partial charge in [-0.2, -0.15) is 0 Å².